The summed E-state index contributed by atoms with van der Waals surface area (Å²) in [7, 11) is 0. The molecule has 0 bridgehead atoms. The van der Waals surface area contributed by atoms with Gasteiger partial charge in [0.2, 0.25) is 0 Å². The van der Waals surface area contributed by atoms with E-state index >= 15 is 0 Å². The number of hydrogen-bond donors (Lipinski definition) is 2. The van der Waals surface area contributed by atoms with Crippen molar-refractivity contribution in [3.8, 4) is 0 Å². The zero-order chi connectivity index (χ0) is 14.7. The Bertz CT molecular complexity index is 421. The minimum absolute atomic E-state index is 0.0571. The second-order valence-electron chi connectivity index (χ2n) is 7.13. The van der Waals surface area contributed by atoms with Gasteiger partial charge in [-0.3, -0.25) is 0 Å². The lowest BCUT2D eigenvalue weighted by atomic mass is 9.81. The summed E-state index contributed by atoms with van der Waals surface area (Å²) in [6.07, 6.45) is 0. The van der Waals surface area contributed by atoms with Crippen LogP contribution in [0.2, 0.25) is 0 Å². The van der Waals surface area contributed by atoms with E-state index in [4.69, 9.17) is 0 Å². The van der Waals surface area contributed by atoms with Gasteiger partial charge >= 0.3 is 0 Å². The maximum absolute atomic E-state index is 9.28. The van der Waals surface area contributed by atoms with E-state index < -0.39 is 0 Å². The van der Waals surface area contributed by atoms with Crippen molar-refractivity contribution in [1.82, 2.24) is 5.32 Å². The number of benzene rings is 1. The average molecular weight is 263 g/mol. The molecule has 0 saturated heterocycles. The lowest BCUT2D eigenvalue weighted by molar-refractivity contribution is 0.155. The Kier molecular flexibility index (Phi) is 5.17. The van der Waals surface area contributed by atoms with Gasteiger partial charge in [-0.05, 0) is 25.0 Å². The molecule has 0 aliphatic heterocycles. The zero-order valence-corrected chi connectivity index (χ0v) is 13.3. The molecule has 2 nitrogen and oxygen atoms in total. The molecule has 1 rings (SSSR count). The Balaban J connectivity index is 2.70. The van der Waals surface area contributed by atoms with E-state index in [0.717, 1.165) is 13.1 Å². The Morgan fingerprint density at radius 1 is 1.05 bits per heavy atom. The van der Waals surface area contributed by atoms with E-state index in [2.05, 4.69) is 65.1 Å². The zero-order valence-electron chi connectivity index (χ0n) is 13.3. The average Bonchev–Trinajstić information content (AvgIpc) is 2.27. The third kappa shape index (κ3) is 4.63. The molecule has 0 saturated carbocycles. The summed E-state index contributed by atoms with van der Waals surface area (Å²) in [6.45, 7) is 15.0. The molecule has 1 aromatic carbocycles. The molecule has 0 atom stereocenters. The third-order valence-electron chi connectivity index (χ3n) is 3.71. The van der Waals surface area contributed by atoms with Gasteiger partial charge in [0.25, 0.3) is 0 Å². The summed E-state index contributed by atoms with van der Waals surface area (Å²) in [6, 6.07) is 6.67. The molecule has 0 aromatic heterocycles. The van der Waals surface area contributed by atoms with Crippen LogP contribution >= 0.6 is 0 Å². The van der Waals surface area contributed by atoms with Crippen LogP contribution in [0.1, 0.15) is 44.4 Å². The predicted octanol–water partition coefficient (Wildman–Crippen LogP) is 3.19. The molecule has 0 aliphatic carbocycles. The topological polar surface area (TPSA) is 32.3 Å². The van der Waals surface area contributed by atoms with Gasteiger partial charge in [0, 0.05) is 30.5 Å². The molecule has 1 aromatic rings. The van der Waals surface area contributed by atoms with Crippen molar-refractivity contribution < 1.29 is 5.11 Å². The first-order valence-corrected chi connectivity index (χ1v) is 7.07. The number of aliphatic hydroxyl groups is 1. The van der Waals surface area contributed by atoms with Crippen molar-refractivity contribution >= 4 is 0 Å². The minimum atomic E-state index is -0.0571. The molecular formula is C17H29NO. The fourth-order valence-electron chi connectivity index (χ4n) is 2.44. The summed E-state index contributed by atoms with van der Waals surface area (Å²) in [5.41, 5.74) is 4.11. The third-order valence-corrected chi connectivity index (χ3v) is 3.71. The van der Waals surface area contributed by atoms with E-state index in [0.29, 0.717) is 0 Å². The van der Waals surface area contributed by atoms with Crippen LogP contribution in [0.15, 0.2) is 18.2 Å². The standard InChI is InChI=1S/C17H29NO/c1-13-7-8-15(14(2)9-13)17(5,6)11-18-10-16(3,4)12-19/h7-9,18-19H,10-12H2,1-6H3. The van der Waals surface area contributed by atoms with Crippen LogP contribution in [0.3, 0.4) is 0 Å². The molecular weight excluding hydrogens is 234 g/mol. The molecule has 0 unspecified atom stereocenters. The van der Waals surface area contributed by atoms with Gasteiger partial charge in [0.15, 0.2) is 0 Å². The Morgan fingerprint density at radius 2 is 1.68 bits per heavy atom. The molecule has 2 N–H and O–H groups in total. The van der Waals surface area contributed by atoms with E-state index in [-0.39, 0.29) is 17.4 Å². The molecule has 0 heterocycles. The van der Waals surface area contributed by atoms with E-state index in [1.807, 2.05) is 0 Å². The van der Waals surface area contributed by atoms with Crippen molar-refractivity contribution in [3.05, 3.63) is 34.9 Å². The van der Waals surface area contributed by atoms with Crippen molar-refractivity contribution in [2.45, 2.75) is 47.0 Å². The maximum Gasteiger partial charge on any atom is 0.0494 e. The van der Waals surface area contributed by atoms with Crippen LogP contribution in [0, 0.1) is 19.3 Å². The van der Waals surface area contributed by atoms with Crippen LogP contribution in [0.25, 0.3) is 0 Å². The molecule has 108 valence electrons. The Morgan fingerprint density at radius 3 is 2.21 bits per heavy atom. The number of hydrogen-bond acceptors (Lipinski definition) is 2. The first kappa shape index (κ1) is 16.2. The van der Waals surface area contributed by atoms with Gasteiger partial charge in [-0.25, -0.2) is 0 Å². The van der Waals surface area contributed by atoms with Gasteiger partial charge in [-0.15, -0.1) is 0 Å². The van der Waals surface area contributed by atoms with Crippen molar-refractivity contribution in [2.75, 3.05) is 19.7 Å². The summed E-state index contributed by atoms with van der Waals surface area (Å²) in [4.78, 5) is 0. The molecule has 19 heavy (non-hydrogen) atoms. The Labute approximate surface area is 118 Å². The van der Waals surface area contributed by atoms with Crippen molar-refractivity contribution in [3.63, 3.8) is 0 Å². The highest BCUT2D eigenvalue weighted by Crippen LogP contribution is 2.26. The normalized spacial score (nSPS) is 12.8. The molecule has 0 spiro atoms. The van der Waals surface area contributed by atoms with Crippen LogP contribution < -0.4 is 5.32 Å². The molecule has 0 amide bonds. The number of aliphatic hydroxyl groups excluding tert-OH is 1. The first-order valence-electron chi connectivity index (χ1n) is 7.07. The number of nitrogens with one attached hydrogen (secondary N) is 1. The van der Waals surface area contributed by atoms with Gasteiger partial charge in [0.05, 0.1) is 0 Å². The van der Waals surface area contributed by atoms with Crippen LogP contribution in [0.5, 0.6) is 0 Å². The summed E-state index contributed by atoms with van der Waals surface area (Å²) in [5.74, 6) is 0. The second-order valence-corrected chi connectivity index (χ2v) is 7.13. The molecule has 0 fully saturated rings. The second kappa shape index (κ2) is 6.06. The lowest BCUT2D eigenvalue weighted by Crippen LogP contribution is -2.39. The van der Waals surface area contributed by atoms with Crippen LogP contribution in [-0.2, 0) is 5.41 Å². The minimum Gasteiger partial charge on any atom is -0.396 e. The molecule has 0 aliphatic rings. The monoisotopic (exact) mass is 263 g/mol. The number of aryl methyl sites for hydroxylation is 2. The maximum atomic E-state index is 9.28. The van der Waals surface area contributed by atoms with Gasteiger partial charge in [-0.1, -0.05) is 51.5 Å². The Hall–Kier alpha value is -0.860. The summed E-state index contributed by atoms with van der Waals surface area (Å²) >= 11 is 0. The fraction of sp³-hybridized carbons (Fsp3) is 0.647. The van der Waals surface area contributed by atoms with Crippen molar-refractivity contribution in [1.29, 1.82) is 0 Å². The molecule has 2 heteroatoms. The highest BCUT2D eigenvalue weighted by atomic mass is 16.3. The van der Waals surface area contributed by atoms with Gasteiger partial charge in [-0.2, -0.15) is 0 Å². The summed E-state index contributed by atoms with van der Waals surface area (Å²) in [5, 5.41) is 12.8. The smallest absolute Gasteiger partial charge is 0.0494 e. The van der Waals surface area contributed by atoms with Crippen molar-refractivity contribution in [2.24, 2.45) is 5.41 Å². The molecule has 0 radical (unpaired) electrons. The largest absolute Gasteiger partial charge is 0.396 e. The lowest BCUT2D eigenvalue weighted by Gasteiger charge is -2.30. The van der Waals surface area contributed by atoms with Gasteiger partial charge in [0.1, 0.15) is 0 Å². The van der Waals surface area contributed by atoms with Crippen LogP contribution in [-0.4, -0.2) is 24.8 Å². The highest BCUT2D eigenvalue weighted by molar-refractivity contribution is 5.35. The van der Waals surface area contributed by atoms with E-state index in [9.17, 15) is 5.11 Å². The quantitative estimate of drug-likeness (QED) is 0.826. The highest BCUT2D eigenvalue weighted by Gasteiger charge is 2.24. The number of rotatable bonds is 6. The summed E-state index contributed by atoms with van der Waals surface area (Å²) < 4.78 is 0. The SMILES string of the molecule is Cc1ccc(C(C)(C)CNCC(C)(C)CO)c(C)c1. The van der Waals surface area contributed by atoms with Gasteiger partial charge < -0.3 is 10.4 Å². The van der Waals surface area contributed by atoms with E-state index in [1.54, 1.807) is 0 Å². The predicted molar refractivity (Wildman–Crippen MR) is 82.7 cm³/mol. The van der Waals surface area contributed by atoms with Crippen LogP contribution in [0.4, 0.5) is 0 Å². The van der Waals surface area contributed by atoms with E-state index in [1.165, 1.54) is 16.7 Å². The first-order chi connectivity index (χ1) is 8.68. The fourth-order valence-corrected chi connectivity index (χ4v) is 2.44.